The first-order valence-corrected chi connectivity index (χ1v) is 11.6. The number of benzene rings is 2. The topological polar surface area (TPSA) is 75.7 Å². The summed E-state index contributed by atoms with van der Waals surface area (Å²) in [6.45, 7) is 2.22. The second kappa shape index (κ2) is 10.5. The molecule has 0 fully saturated rings. The second-order valence-corrected chi connectivity index (χ2v) is 9.06. The quantitative estimate of drug-likeness (QED) is 0.604. The Bertz CT molecular complexity index is 899. The van der Waals surface area contributed by atoms with Gasteiger partial charge in [-0.3, -0.25) is 9.10 Å². The van der Waals surface area contributed by atoms with Gasteiger partial charge in [-0.2, -0.15) is 0 Å². The van der Waals surface area contributed by atoms with Gasteiger partial charge >= 0.3 is 0 Å². The van der Waals surface area contributed by atoms with E-state index in [-0.39, 0.29) is 24.9 Å². The molecular weight excluding hydrogens is 412 g/mol. The normalized spacial score (nSPS) is 12.3. The van der Waals surface area contributed by atoms with Crippen molar-refractivity contribution in [3.05, 3.63) is 59.1 Å². The minimum Gasteiger partial charge on any atom is -0.497 e. The molecule has 1 atom stereocenters. The molecule has 2 rings (SSSR count). The molecule has 0 aliphatic heterocycles. The number of nitrogens with one attached hydrogen (secondary N) is 1. The van der Waals surface area contributed by atoms with Crippen LogP contribution >= 0.6 is 11.6 Å². The van der Waals surface area contributed by atoms with Crippen LogP contribution in [0.5, 0.6) is 5.75 Å². The number of hydrogen-bond acceptors (Lipinski definition) is 4. The van der Waals surface area contributed by atoms with Gasteiger partial charge in [0.2, 0.25) is 15.9 Å². The fraction of sp³-hybridized carbons (Fsp3) is 0.381. The molecule has 1 amide bonds. The molecule has 0 unspecified atom stereocenters. The van der Waals surface area contributed by atoms with Gasteiger partial charge in [-0.25, -0.2) is 8.42 Å². The Balaban J connectivity index is 1.94. The van der Waals surface area contributed by atoms with Gasteiger partial charge in [-0.05, 0) is 54.8 Å². The van der Waals surface area contributed by atoms with E-state index in [2.05, 4.69) is 5.32 Å². The average molecular weight is 439 g/mol. The van der Waals surface area contributed by atoms with Crippen LogP contribution in [0.3, 0.4) is 0 Å². The SMILES string of the molecule is CC[C@@H](NC(=O)CCCN(c1ccc(Cl)cc1)S(C)(=O)=O)c1ccc(OC)cc1. The smallest absolute Gasteiger partial charge is 0.232 e. The first-order chi connectivity index (χ1) is 13.7. The summed E-state index contributed by atoms with van der Waals surface area (Å²) < 4.78 is 30.7. The molecule has 0 aliphatic carbocycles. The van der Waals surface area contributed by atoms with E-state index >= 15 is 0 Å². The fourth-order valence-electron chi connectivity index (χ4n) is 3.00. The zero-order valence-corrected chi connectivity index (χ0v) is 18.5. The number of sulfonamides is 1. The molecular formula is C21H27ClN2O4S. The number of methoxy groups -OCH3 is 1. The van der Waals surface area contributed by atoms with E-state index in [1.807, 2.05) is 31.2 Å². The van der Waals surface area contributed by atoms with Crippen LogP contribution in [0.25, 0.3) is 0 Å². The molecule has 0 bridgehead atoms. The van der Waals surface area contributed by atoms with E-state index in [0.717, 1.165) is 24.0 Å². The lowest BCUT2D eigenvalue weighted by molar-refractivity contribution is -0.121. The highest BCUT2D eigenvalue weighted by Gasteiger charge is 2.18. The molecule has 0 radical (unpaired) electrons. The lowest BCUT2D eigenvalue weighted by Crippen LogP contribution is -2.32. The Morgan fingerprint density at radius 1 is 1.14 bits per heavy atom. The Morgan fingerprint density at radius 3 is 2.28 bits per heavy atom. The van der Waals surface area contributed by atoms with Crippen LogP contribution in [-0.4, -0.2) is 34.2 Å². The highest BCUT2D eigenvalue weighted by atomic mass is 35.5. The van der Waals surface area contributed by atoms with Gasteiger partial charge in [-0.15, -0.1) is 0 Å². The second-order valence-electron chi connectivity index (χ2n) is 6.72. The van der Waals surface area contributed by atoms with Crippen LogP contribution in [-0.2, 0) is 14.8 Å². The van der Waals surface area contributed by atoms with Crippen LogP contribution in [0, 0.1) is 0 Å². The number of halogens is 1. The number of nitrogens with zero attached hydrogens (tertiary/aromatic N) is 1. The fourth-order valence-corrected chi connectivity index (χ4v) is 4.09. The van der Waals surface area contributed by atoms with Crippen LogP contribution < -0.4 is 14.4 Å². The van der Waals surface area contributed by atoms with Gasteiger partial charge in [-0.1, -0.05) is 30.7 Å². The summed E-state index contributed by atoms with van der Waals surface area (Å²) in [6, 6.07) is 14.1. The van der Waals surface area contributed by atoms with Gasteiger partial charge < -0.3 is 10.1 Å². The lowest BCUT2D eigenvalue weighted by Gasteiger charge is -2.23. The first-order valence-electron chi connectivity index (χ1n) is 9.41. The Kier molecular flexibility index (Phi) is 8.34. The highest BCUT2D eigenvalue weighted by Crippen LogP contribution is 2.22. The third kappa shape index (κ3) is 6.94. The van der Waals surface area contributed by atoms with E-state index in [4.69, 9.17) is 16.3 Å². The molecule has 0 saturated heterocycles. The molecule has 0 saturated carbocycles. The van der Waals surface area contributed by atoms with Crippen molar-refractivity contribution in [3.8, 4) is 5.75 Å². The van der Waals surface area contributed by atoms with Crippen LogP contribution in [0.1, 0.15) is 37.8 Å². The molecule has 0 spiro atoms. The van der Waals surface area contributed by atoms with Gasteiger partial charge in [0.25, 0.3) is 0 Å². The third-order valence-corrected chi connectivity index (χ3v) is 5.99. The lowest BCUT2D eigenvalue weighted by atomic mass is 10.0. The predicted molar refractivity (Wildman–Crippen MR) is 117 cm³/mol. The van der Waals surface area contributed by atoms with Gasteiger partial charge in [0.15, 0.2) is 0 Å². The molecule has 6 nitrogen and oxygen atoms in total. The van der Waals surface area contributed by atoms with E-state index in [1.165, 1.54) is 4.31 Å². The van der Waals surface area contributed by atoms with Gasteiger partial charge in [0.05, 0.1) is 25.1 Å². The van der Waals surface area contributed by atoms with Crippen molar-refractivity contribution in [1.82, 2.24) is 5.32 Å². The Morgan fingerprint density at radius 2 is 1.76 bits per heavy atom. The summed E-state index contributed by atoms with van der Waals surface area (Å²) in [5.74, 6) is 0.648. The average Bonchev–Trinajstić information content (AvgIpc) is 2.69. The van der Waals surface area contributed by atoms with Crippen molar-refractivity contribution >= 4 is 33.2 Å². The number of carbonyl (C=O) groups is 1. The Hall–Kier alpha value is -2.25. The summed E-state index contributed by atoms with van der Waals surface area (Å²) in [4.78, 5) is 12.4. The van der Waals surface area contributed by atoms with Crippen molar-refractivity contribution < 1.29 is 17.9 Å². The zero-order valence-electron chi connectivity index (χ0n) is 16.9. The molecule has 158 valence electrons. The van der Waals surface area contributed by atoms with Crippen molar-refractivity contribution in [1.29, 1.82) is 0 Å². The summed E-state index contributed by atoms with van der Waals surface area (Å²) in [5, 5.41) is 3.55. The number of amides is 1. The number of ether oxygens (including phenoxy) is 1. The highest BCUT2D eigenvalue weighted by molar-refractivity contribution is 7.92. The zero-order chi connectivity index (χ0) is 21.4. The number of rotatable bonds is 10. The van der Waals surface area contributed by atoms with Crippen molar-refractivity contribution in [2.45, 2.75) is 32.2 Å². The minimum absolute atomic E-state index is 0.101. The largest absolute Gasteiger partial charge is 0.497 e. The standard InChI is InChI=1S/C21H27ClN2O4S/c1-4-20(16-7-13-19(28-2)14-8-16)23-21(25)6-5-15-24(29(3,26)27)18-11-9-17(22)10-12-18/h7-14,20H,4-6,15H2,1-3H3,(H,23,25)/t20-/m1/s1. The summed E-state index contributed by atoms with van der Waals surface area (Å²) in [5.41, 5.74) is 1.53. The maximum absolute atomic E-state index is 12.4. The summed E-state index contributed by atoms with van der Waals surface area (Å²) >= 11 is 5.88. The van der Waals surface area contributed by atoms with E-state index in [9.17, 15) is 13.2 Å². The number of hydrogen-bond donors (Lipinski definition) is 1. The molecule has 0 aliphatic rings. The first kappa shape index (κ1) is 23.0. The maximum Gasteiger partial charge on any atom is 0.232 e. The third-order valence-electron chi connectivity index (χ3n) is 4.54. The Labute approximate surface area is 177 Å². The van der Waals surface area contributed by atoms with Crippen LogP contribution in [0.15, 0.2) is 48.5 Å². The number of carbonyl (C=O) groups excluding carboxylic acids is 1. The molecule has 1 N–H and O–H groups in total. The molecule has 2 aromatic carbocycles. The van der Waals surface area contributed by atoms with E-state index in [0.29, 0.717) is 17.1 Å². The van der Waals surface area contributed by atoms with Crippen molar-refractivity contribution in [2.24, 2.45) is 0 Å². The van der Waals surface area contributed by atoms with Gasteiger partial charge in [0.1, 0.15) is 5.75 Å². The maximum atomic E-state index is 12.4. The van der Waals surface area contributed by atoms with Crippen LogP contribution in [0.2, 0.25) is 5.02 Å². The molecule has 2 aromatic rings. The van der Waals surface area contributed by atoms with Crippen molar-refractivity contribution in [2.75, 3.05) is 24.2 Å². The van der Waals surface area contributed by atoms with Crippen molar-refractivity contribution in [3.63, 3.8) is 0 Å². The minimum atomic E-state index is -3.46. The molecule has 0 heterocycles. The summed E-state index contributed by atoms with van der Waals surface area (Å²) in [6.07, 6.45) is 2.53. The molecule has 29 heavy (non-hydrogen) atoms. The van der Waals surface area contributed by atoms with E-state index in [1.54, 1.807) is 31.4 Å². The van der Waals surface area contributed by atoms with Gasteiger partial charge in [0, 0.05) is 18.0 Å². The summed E-state index contributed by atoms with van der Waals surface area (Å²) in [7, 11) is -1.85. The number of anilines is 1. The van der Waals surface area contributed by atoms with Crippen LogP contribution in [0.4, 0.5) is 5.69 Å². The monoisotopic (exact) mass is 438 g/mol. The predicted octanol–water partition coefficient (Wildman–Crippen LogP) is 4.16. The molecule has 0 aromatic heterocycles. The van der Waals surface area contributed by atoms with E-state index < -0.39 is 10.0 Å². The molecule has 8 heteroatoms.